The Balaban J connectivity index is 0.000000541. The second-order valence-electron chi connectivity index (χ2n) is 10.8. The van der Waals surface area contributed by atoms with E-state index in [9.17, 15) is 18.0 Å². The largest absolute Gasteiger partial charge is 0.542 e. The van der Waals surface area contributed by atoms with Crippen molar-refractivity contribution in [3.63, 3.8) is 0 Å². The summed E-state index contributed by atoms with van der Waals surface area (Å²) in [5.41, 5.74) is 1.67. The second kappa shape index (κ2) is 13.9. The number of hydrogen-bond donors (Lipinski definition) is 1. The first-order chi connectivity index (χ1) is 20.6. The molecule has 2 saturated heterocycles. The zero-order valence-corrected chi connectivity index (χ0v) is 24.0. The number of nitrogens with zero attached hydrogens (tertiary/aromatic N) is 2. The Morgan fingerprint density at radius 2 is 1.47 bits per heavy atom. The lowest BCUT2D eigenvalue weighted by atomic mass is 9.83. The van der Waals surface area contributed by atoms with Crippen LogP contribution in [0.4, 0.5) is 18.0 Å². The molecule has 0 bridgehead atoms. The Hall–Kier alpha value is -4.09. The lowest BCUT2D eigenvalue weighted by molar-refractivity contribution is -0.917. The van der Waals surface area contributed by atoms with E-state index in [2.05, 4.69) is 34.5 Å². The molecule has 0 aromatic heterocycles. The van der Waals surface area contributed by atoms with Gasteiger partial charge in [-0.25, -0.2) is 4.79 Å². The van der Waals surface area contributed by atoms with Crippen LogP contribution in [0.15, 0.2) is 91.0 Å². The van der Waals surface area contributed by atoms with Gasteiger partial charge in [-0.1, -0.05) is 78.9 Å². The fraction of sp³-hybridized carbons (Fsp3) is 0.375. The van der Waals surface area contributed by atoms with Crippen molar-refractivity contribution in [3.8, 4) is 5.75 Å². The van der Waals surface area contributed by atoms with Crippen molar-refractivity contribution < 1.29 is 41.8 Å². The number of quaternary nitrogens is 1. The fourth-order valence-electron chi connectivity index (χ4n) is 5.84. The molecule has 2 heterocycles. The van der Waals surface area contributed by atoms with Crippen LogP contribution in [0.25, 0.3) is 0 Å². The Bertz CT molecular complexity index is 1290. The quantitative estimate of drug-likeness (QED) is 0.360. The van der Waals surface area contributed by atoms with Crippen LogP contribution in [-0.2, 0) is 15.1 Å². The van der Waals surface area contributed by atoms with Crippen LogP contribution >= 0.6 is 0 Å². The number of hydrogen-bond acceptors (Lipinski definition) is 5. The third-order valence-electron chi connectivity index (χ3n) is 8.08. The molecular weight excluding hydrogens is 563 g/mol. The number of carboxylic acid groups (broad SMARTS) is 1. The number of carbonyl (C=O) groups is 2. The number of carbonyl (C=O) groups excluding carboxylic acids is 2. The van der Waals surface area contributed by atoms with Gasteiger partial charge in [0, 0.05) is 13.5 Å². The van der Waals surface area contributed by atoms with Crippen molar-refractivity contribution in [1.82, 2.24) is 10.2 Å². The zero-order valence-electron chi connectivity index (χ0n) is 24.0. The number of methoxy groups -OCH3 is 1. The molecule has 3 aromatic carbocycles. The summed E-state index contributed by atoms with van der Waals surface area (Å²) < 4.78 is 44.0. The number of halogens is 3. The van der Waals surface area contributed by atoms with E-state index in [-0.39, 0.29) is 12.1 Å². The summed E-state index contributed by atoms with van der Waals surface area (Å²) in [6.45, 7) is 5.70. The minimum absolute atomic E-state index is 0.0139. The molecule has 0 spiro atoms. The molecule has 2 amide bonds. The number of rotatable bonds is 10. The molecule has 8 nitrogen and oxygen atoms in total. The van der Waals surface area contributed by atoms with Crippen LogP contribution < -0.4 is 15.2 Å². The van der Waals surface area contributed by atoms with Crippen LogP contribution in [0.1, 0.15) is 17.5 Å². The van der Waals surface area contributed by atoms with Gasteiger partial charge in [0.15, 0.2) is 0 Å². The highest BCUT2D eigenvalue weighted by atomic mass is 19.4. The highest BCUT2D eigenvalue weighted by Crippen LogP contribution is 2.37. The molecule has 11 heteroatoms. The predicted octanol–water partition coefficient (Wildman–Crippen LogP) is 3.57. The molecule has 2 aliphatic rings. The first kappa shape index (κ1) is 31.8. The van der Waals surface area contributed by atoms with Gasteiger partial charge in [0.05, 0.1) is 32.3 Å². The average Bonchev–Trinajstić information content (AvgIpc) is 3.59. The zero-order chi connectivity index (χ0) is 30.9. The van der Waals surface area contributed by atoms with E-state index in [0.717, 1.165) is 54.0 Å². The maximum absolute atomic E-state index is 13.5. The van der Waals surface area contributed by atoms with Crippen molar-refractivity contribution in [2.24, 2.45) is 0 Å². The lowest BCUT2D eigenvalue weighted by Gasteiger charge is -2.35. The maximum atomic E-state index is 13.5. The van der Waals surface area contributed by atoms with Crippen LogP contribution in [0, 0.1) is 0 Å². The smallest absolute Gasteiger partial charge is 0.430 e. The van der Waals surface area contributed by atoms with Crippen molar-refractivity contribution in [2.75, 3.05) is 53.0 Å². The third-order valence-corrected chi connectivity index (χ3v) is 8.08. The van der Waals surface area contributed by atoms with Gasteiger partial charge in [-0.15, -0.1) is 0 Å². The minimum Gasteiger partial charge on any atom is -0.542 e. The van der Waals surface area contributed by atoms with Crippen LogP contribution in [-0.4, -0.2) is 86.6 Å². The summed E-state index contributed by atoms with van der Waals surface area (Å²) >= 11 is 0. The Labute approximate surface area is 249 Å². The number of alkyl halides is 3. The van der Waals surface area contributed by atoms with Gasteiger partial charge in [0.2, 0.25) is 0 Å². The number of ether oxygens (including phenoxy) is 2. The number of urea groups is 1. The molecule has 3 aromatic rings. The highest BCUT2D eigenvalue weighted by molar-refractivity contribution is 5.80. The number of nitrogens with one attached hydrogen (secondary N) is 1. The van der Waals surface area contributed by atoms with Gasteiger partial charge in [0.25, 0.3) is 0 Å². The molecule has 43 heavy (non-hydrogen) atoms. The van der Waals surface area contributed by atoms with Gasteiger partial charge in [-0.2, -0.15) is 13.2 Å². The average molecular weight is 600 g/mol. The molecular formula is C32H36F3N3O5. The van der Waals surface area contributed by atoms with Gasteiger partial charge >= 0.3 is 12.2 Å². The van der Waals surface area contributed by atoms with Crippen LogP contribution in [0.5, 0.6) is 5.75 Å². The van der Waals surface area contributed by atoms with Crippen molar-refractivity contribution in [1.29, 1.82) is 0 Å². The van der Waals surface area contributed by atoms with Gasteiger partial charge in [0.1, 0.15) is 37.0 Å². The number of aliphatic carboxylic acids is 1. The minimum atomic E-state index is -5.19. The fourth-order valence-corrected chi connectivity index (χ4v) is 5.84. The number of amides is 2. The summed E-state index contributed by atoms with van der Waals surface area (Å²) in [7, 11) is 1.76. The SMILES string of the molecule is COCC[N+]1(CCOc2ccccc2)CCC(N2CC(c3ccccc3)(c3ccccc3)NC2=O)C1.O=C([O-])C(F)(F)F. The normalized spacial score (nSPS) is 21.1. The molecule has 2 aliphatic heterocycles. The summed E-state index contributed by atoms with van der Waals surface area (Å²) in [6.07, 6.45) is -4.22. The molecule has 0 radical (unpaired) electrons. The standard InChI is InChI=1S/C30H35N3O3.C2HF3O2/c1-35-21-19-33(20-22-36-28-15-9-4-10-16-28)18-17-27(23-33)32-24-30(31-29(32)34,25-11-5-2-6-12-25)26-13-7-3-8-14-26;3-2(4,5)1(6)7/h2-16,27H,17-24H2,1H3;(H,6,7). The van der Waals surface area contributed by atoms with Gasteiger partial charge in [-0.3, -0.25) is 0 Å². The topological polar surface area (TPSA) is 90.9 Å². The molecule has 1 N–H and O–H groups in total. The van der Waals surface area contributed by atoms with Gasteiger partial charge < -0.3 is 34.1 Å². The molecule has 2 atom stereocenters. The third kappa shape index (κ3) is 7.85. The first-order valence-corrected chi connectivity index (χ1v) is 14.1. The Morgan fingerprint density at radius 1 is 0.953 bits per heavy atom. The van der Waals surface area contributed by atoms with E-state index in [1.165, 1.54) is 0 Å². The molecule has 5 rings (SSSR count). The molecule has 230 valence electrons. The van der Waals surface area contributed by atoms with Crippen molar-refractivity contribution in [3.05, 3.63) is 102 Å². The predicted molar refractivity (Wildman–Crippen MR) is 152 cm³/mol. The van der Waals surface area contributed by atoms with E-state index in [4.69, 9.17) is 19.4 Å². The summed E-state index contributed by atoms with van der Waals surface area (Å²) in [4.78, 5) is 24.4. The van der Waals surface area contributed by atoms with E-state index < -0.39 is 17.7 Å². The van der Waals surface area contributed by atoms with E-state index in [0.29, 0.717) is 19.8 Å². The number of para-hydroxylation sites is 1. The number of likely N-dealkylation sites (tertiary alicyclic amines) is 1. The molecule has 0 aliphatic carbocycles. The number of carboxylic acids is 1. The summed E-state index contributed by atoms with van der Waals surface area (Å²) in [6, 6.07) is 30.8. The monoisotopic (exact) mass is 599 g/mol. The van der Waals surface area contributed by atoms with E-state index >= 15 is 0 Å². The lowest BCUT2D eigenvalue weighted by Crippen LogP contribution is -2.52. The highest BCUT2D eigenvalue weighted by Gasteiger charge is 2.51. The Kier molecular flexibility index (Phi) is 10.3. The van der Waals surface area contributed by atoms with Crippen molar-refractivity contribution in [2.45, 2.75) is 24.2 Å². The second-order valence-corrected chi connectivity index (χ2v) is 10.8. The summed E-state index contributed by atoms with van der Waals surface area (Å²) in [5, 5.41) is 12.2. The maximum Gasteiger partial charge on any atom is 0.430 e. The first-order valence-electron chi connectivity index (χ1n) is 14.1. The van der Waals surface area contributed by atoms with E-state index in [1.807, 2.05) is 66.7 Å². The van der Waals surface area contributed by atoms with Gasteiger partial charge in [-0.05, 0) is 23.3 Å². The molecule has 2 unspecified atom stereocenters. The van der Waals surface area contributed by atoms with Crippen LogP contribution in [0.3, 0.4) is 0 Å². The number of benzene rings is 3. The van der Waals surface area contributed by atoms with Crippen LogP contribution in [0.2, 0.25) is 0 Å². The van der Waals surface area contributed by atoms with Crippen molar-refractivity contribution >= 4 is 12.0 Å². The molecule has 0 saturated carbocycles. The summed E-state index contributed by atoms with van der Waals surface area (Å²) in [5.74, 6) is -2.11. The Morgan fingerprint density at radius 3 is 1.98 bits per heavy atom. The van der Waals surface area contributed by atoms with E-state index in [1.54, 1.807) is 7.11 Å². The molecule has 2 fully saturated rings.